The zero-order valence-electron chi connectivity index (χ0n) is 13.3. The first-order chi connectivity index (χ1) is 12.1. The Kier molecular flexibility index (Phi) is 3.46. The topological polar surface area (TPSA) is 93.8 Å². The minimum Gasteiger partial charge on any atom is -0.507 e. The van der Waals surface area contributed by atoms with Crippen molar-refractivity contribution in [1.29, 1.82) is 0 Å². The van der Waals surface area contributed by atoms with Gasteiger partial charge < -0.3 is 5.11 Å². The number of nitrogens with zero attached hydrogens (tertiary/aromatic N) is 5. The molecule has 0 spiro atoms. The molecule has 0 aliphatic heterocycles. The molecule has 4 rings (SSSR count). The molecule has 3 aromatic heterocycles. The van der Waals surface area contributed by atoms with Crippen molar-refractivity contribution in [2.24, 2.45) is 0 Å². The summed E-state index contributed by atoms with van der Waals surface area (Å²) in [6.45, 7) is 1.85. The van der Waals surface area contributed by atoms with Gasteiger partial charge >= 0.3 is 0 Å². The molecule has 0 bridgehead atoms. The SMILES string of the molecule is Cc1ccc(-n2ncc3cc(C(=O)c4ccccc4O)cnc32)nn1. The molecular weight excluding hydrogens is 318 g/mol. The summed E-state index contributed by atoms with van der Waals surface area (Å²) in [5, 5.41) is 22.9. The van der Waals surface area contributed by atoms with Gasteiger partial charge in [0.2, 0.25) is 0 Å². The van der Waals surface area contributed by atoms with E-state index in [1.54, 1.807) is 41.2 Å². The van der Waals surface area contributed by atoms with Crippen LogP contribution in [0.4, 0.5) is 0 Å². The lowest BCUT2D eigenvalue weighted by atomic mass is 10.0. The second-order valence-corrected chi connectivity index (χ2v) is 5.57. The summed E-state index contributed by atoms with van der Waals surface area (Å²) in [5.74, 6) is 0.196. The van der Waals surface area contributed by atoms with Crippen molar-refractivity contribution in [3.05, 3.63) is 71.7 Å². The molecular formula is C18H13N5O2. The molecule has 1 aromatic carbocycles. The highest BCUT2D eigenvalue weighted by Gasteiger charge is 2.16. The Balaban J connectivity index is 1.76. The number of aromatic hydroxyl groups is 1. The van der Waals surface area contributed by atoms with Crippen molar-refractivity contribution in [1.82, 2.24) is 25.0 Å². The molecule has 0 saturated carbocycles. The van der Waals surface area contributed by atoms with E-state index in [1.807, 2.05) is 13.0 Å². The Morgan fingerprint density at radius 2 is 1.92 bits per heavy atom. The number of hydrogen-bond acceptors (Lipinski definition) is 6. The van der Waals surface area contributed by atoms with E-state index in [-0.39, 0.29) is 17.1 Å². The van der Waals surface area contributed by atoms with Crippen LogP contribution in [0.3, 0.4) is 0 Å². The number of phenolic OH excluding ortho intramolecular Hbond substituents is 1. The number of carbonyl (C=O) groups excluding carboxylic acids is 1. The number of benzene rings is 1. The molecule has 122 valence electrons. The van der Waals surface area contributed by atoms with Crippen LogP contribution in [0.15, 0.2) is 54.9 Å². The van der Waals surface area contributed by atoms with E-state index in [9.17, 15) is 9.90 Å². The van der Waals surface area contributed by atoms with E-state index in [0.29, 0.717) is 22.4 Å². The number of carbonyl (C=O) groups is 1. The third kappa shape index (κ3) is 2.61. The van der Waals surface area contributed by atoms with E-state index >= 15 is 0 Å². The van der Waals surface area contributed by atoms with Crippen LogP contribution in [0.2, 0.25) is 0 Å². The lowest BCUT2D eigenvalue weighted by Gasteiger charge is -2.04. The fraction of sp³-hybridized carbons (Fsp3) is 0.0556. The average Bonchev–Trinajstić information content (AvgIpc) is 3.05. The van der Waals surface area contributed by atoms with E-state index in [1.165, 1.54) is 12.3 Å². The predicted molar refractivity (Wildman–Crippen MR) is 90.7 cm³/mol. The van der Waals surface area contributed by atoms with Gasteiger partial charge in [0.1, 0.15) is 5.75 Å². The Bertz CT molecular complexity index is 1090. The third-order valence-corrected chi connectivity index (χ3v) is 3.82. The minimum absolute atomic E-state index is 0.0572. The molecule has 0 amide bonds. The molecule has 0 unspecified atom stereocenters. The van der Waals surface area contributed by atoms with Gasteiger partial charge in [0.05, 0.1) is 17.5 Å². The standard InChI is InChI=1S/C18H13N5O2/c1-11-6-7-16(22-21-11)23-18-13(10-20-23)8-12(9-19-18)17(25)14-4-2-3-5-15(14)24/h2-10,24H,1H3. The number of ketones is 1. The van der Waals surface area contributed by atoms with E-state index in [0.717, 1.165) is 5.69 Å². The van der Waals surface area contributed by atoms with Crippen LogP contribution in [0, 0.1) is 6.92 Å². The third-order valence-electron chi connectivity index (χ3n) is 3.82. The summed E-state index contributed by atoms with van der Waals surface area (Å²) in [7, 11) is 0. The van der Waals surface area contributed by atoms with E-state index in [2.05, 4.69) is 20.3 Å². The summed E-state index contributed by atoms with van der Waals surface area (Å²) < 4.78 is 1.57. The molecule has 3 heterocycles. The number of fused-ring (bicyclic) bond motifs is 1. The maximum atomic E-state index is 12.6. The van der Waals surface area contributed by atoms with Crippen molar-refractivity contribution < 1.29 is 9.90 Å². The highest BCUT2D eigenvalue weighted by molar-refractivity contribution is 6.11. The number of para-hydroxylation sites is 1. The van der Waals surface area contributed by atoms with Crippen LogP contribution in [0.5, 0.6) is 5.75 Å². The fourth-order valence-corrected chi connectivity index (χ4v) is 2.54. The summed E-state index contributed by atoms with van der Waals surface area (Å²) >= 11 is 0. The molecule has 7 nitrogen and oxygen atoms in total. The molecule has 25 heavy (non-hydrogen) atoms. The second-order valence-electron chi connectivity index (χ2n) is 5.57. The molecule has 4 aromatic rings. The lowest BCUT2D eigenvalue weighted by Crippen LogP contribution is -2.04. The van der Waals surface area contributed by atoms with Crippen LogP contribution in [0.25, 0.3) is 16.9 Å². The van der Waals surface area contributed by atoms with Gasteiger partial charge in [0.25, 0.3) is 0 Å². The number of rotatable bonds is 3. The van der Waals surface area contributed by atoms with E-state index < -0.39 is 0 Å². The second kappa shape index (κ2) is 5.79. The molecule has 0 fully saturated rings. The van der Waals surface area contributed by atoms with Crippen LogP contribution in [-0.4, -0.2) is 35.9 Å². The molecule has 0 aliphatic rings. The minimum atomic E-state index is -0.296. The highest BCUT2D eigenvalue weighted by atomic mass is 16.3. The Morgan fingerprint density at radius 3 is 2.68 bits per heavy atom. The van der Waals surface area contributed by atoms with Gasteiger partial charge in [-0.15, -0.1) is 5.10 Å². The van der Waals surface area contributed by atoms with Gasteiger partial charge in [-0.1, -0.05) is 12.1 Å². The van der Waals surface area contributed by atoms with Crippen molar-refractivity contribution in [3.8, 4) is 11.6 Å². The maximum Gasteiger partial charge on any atom is 0.198 e. The van der Waals surface area contributed by atoms with Gasteiger partial charge in [-0.05, 0) is 37.3 Å². The van der Waals surface area contributed by atoms with Gasteiger partial charge in [-0.2, -0.15) is 14.9 Å². The van der Waals surface area contributed by atoms with Crippen molar-refractivity contribution in [2.45, 2.75) is 6.92 Å². The fourth-order valence-electron chi connectivity index (χ4n) is 2.54. The van der Waals surface area contributed by atoms with Gasteiger partial charge in [-0.25, -0.2) is 4.98 Å². The Morgan fingerprint density at radius 1 is 1.08 bits per heavy atom. The normalized spacial score (nSPS) is 10.9. The van der Waals surface area contributed by atoms with Crippen molar-refractivity contribution >= 4 is 16.8 Å². The van der Waals surface area contributed by atoms with Crippen LogP contribution in [-0.2, 0) is 0 Å². The van der Waals surface area contributed by atoms with Crippen LogP contribution in [0.1, 0.15) is 21.6 Å². The first-order valence-electron chi connectivity index (χ1n) is 7.60. The smallest absolute Gasteiger partial charge is 0.198 e. The summed E-state index contributed by atoms with van der Waals surface area (Å²) in [6.07, 6.45) is 3.09. The maximum absolute atomic E-state index is 12.6. The molecule has 1 N–H and O–H groups in total. The average molecular weight is 331 g/mol. The first kappa shape index (κ1) is 14.9. The quantitative estimate of drug-likeness (QED) is 0.580. The largest absolute Gasteiger partial charge is 0.507 e. The molecule has 0 saturated heterocycles. The van der Waals surface area contributed by atoms with E-state index in [4.69, 9.17) is 0 Å². The zero-order valence-corrected chi connectivity index (χ0v) is 13.3. The molecule has 0 atom stereocenters. The monoisotopic (exact) mass is 331 g/mol. The van der Waals surface area contributed by atoms with Gasteiger partial charge in [-0.3, -0.25) is 4.79 Å². The van der Waals surface area contributed by atoms with Crippen LogP contribution < -0.4 is 0 Å². The van der Waals surface area contributed by atoms with Crippen molar-refractivity contribution in [3.63, 3.8) is 0 Å². The molecule has 0 radical (unpaired) electrons. The summed E-state index contributed by atoms with van der Waals surface area (Å²) in [5.41, 5.74) is 2.00. The van der Waals surface area contributed by atoms with Gasteiger partial charge in [0.15, 0.2) is 17.2 Å². The Labute approximate surface area is 142 Å². The highest BCUT2D eigenvalue weighted by Crippen LogP contribution is 2.22. The number of hydrogen-bond donors (Lipinski definition) is 1. The molecule has 0 aliphatic carbocycles. The number of pyridine rings is 1. The first-order valence-corrected chi connectivity index (χ1v) is 7.60. The summed E-state index contributed by atoms with van der Waals surface area (Å²) in [4.78, 5) is 16.9. The molecule has 7 heteroatoms. The summed E-state index contributed by atoms with van der Waals surface area (Å²) in [6, 6.07) is 11.8. The lowest BCUT2D eigenvalue weighted by molar-refractivity contribution is 0.103. The van der Waals surface area contributed by atoms with Crippen LogP contribution >= 0.6 is 0 Å². The van der Waals surface area contributed by atoms with Crippen molar-refractivity contribution in [2.75, 3.05) is 0 Å². The Hall–Kier alpha value is -3.61. The number of phenols is 1. The number of aromatic nitrogens is 5. The predicted octanol–water partition coefficient (Wildman–Crippen LogP) is 2.46. The number of aryl methyl sites for hydroxylation is 1. The van der Waals surface area contributed by atoms with Gasteiger partial charge in [0, 0.05) is 17.1 Å². The zero-order chi connectivity index (χ0) is 17.4.